The first kappa shape index (κ1) is 17.7. The van der Waals surface area contributed by atoms with Gasteiger partial charge in [0, 0.05) is 57.8 Å². The molecule has 0 aliphatic carbocycles. The van der Waals surface area contributed by atoms with Crippen molar-refractivity contribution < 1.29 is 9.53 Å². The van der Waals surface area contributed by atoms with Crippen LogP contribution in [0.4, 0.5) is 11.6 Å². The first-order valence-electron chi connectivity index (χ1n) is 9.48. The van der Waals surface area contributed by atoms with Crippen LogP contribution in [0.1, 0.15) is 6.92 Å². The highest BCUT2D eigenvalue weighted by atomic mass is 16.5. The fraction of sp³-hybridized carbons (Fsp3) is 0.450. The maximum absolute atomic E-state index is 11.6. The Labute approximate surface area is 159 Å². The Hall–Kier alpha value is -2.67. The predicted molar refractivity (Wildman–Crippen MR) is 105 cm³/mol. The van der Waals surface area contributed by atoms with E-state index < -0.39 is 0 Å². The van der Waals surface area contributed by atoms with Crippen LogP contribution < -0.4 is 9.80 Å². The van der Waals surface area contributed by atoms with Gasteiger partial charge in [-0.2, -0.15) is 0 Å². The number of ether oxygens (including phenoxy) is 1. The number of nitrogens with zero attached hydrogens (tertiary/aromatic N) is 5. The van der Waals surface area contributed by atoms with Crippen molar-refractivity contribution >= 4 is 17.5 Å². The molecular formula is C20H25N5O2. The Balaban J connectivity index is 1.65. The monoisotopic (exact) mass is 367 g/mol. The molecule has 0 unspecified atom stereocenters. The standard InChI is InChI=1S/C20H25N5O2/c1-16(26)23-7-9-24(10-8-23)18-15-19(25-11-13-27-14-12-25)22-20(21-18)17-5-3-2-4-6-17/h2-6,15H,7-14H2,1H3. The molecule has 0 spiro atoms. The molecule has 142 valence electrons. The van der Waals surface area contributed by atoms with E-state index in [-0.39, 0.29) is 5.91 Å². The van der Waals surface area contributed by atoms with E-state index in [2.05, 4.69) is 15.9 Å². The summed E-state index contributed by atoms with van der Waals surface area (Å²) in [5.41, 5.74) is 1.01. The molecule has 1 amide bonds. The summed E-state index contributed by atoms with van der Waals surface area (Å²) in [6, 6.07) is 12.2. The zero-order valence-electron chi connectivity index (χ0n) is 15.7. The molecule has 2 aromatic rings. The molecule has 2 fully saturated rings. The average Bonchev–Trinajstić information content (AvgIpc) is 2.75. The summed E-state index contributed by atoms with van der Waals surface area (Å²) in [5, 5.41) is 0. The molecule has 3 heterocycles. The average molecular weight is 367 g/mol. The number of hydrogen-bond acceptors (Lipinski definition) is 6. The number of benzene rings is 1. The van der Waals surface area contributed by atoms with Crippen LogP contribution >= 0.6 is 0 Å². The minimum atomic E-state index is 0.135. The van der Waals surface area contributed by atoms with Crippen molar-refractivity contribution in [2.75, 3.05) is 62.3 Å². The number of anilines is 2. The first-order valence-corrected chi connectivity index (χ1v) is 9.48. The highest BCUT2D eigenvalue weighted by molar-refractivity contribution is 5.73. The summed E-state index contributed by atoms with van der Waals surface area (Å²) in [7, 11) is 0. The molecule has 0 atom stereocenters. The van der Waals surface area contributed by atoms with E-state index >= 15 is 0 Å². The molecule has 7 nitrogen and oxygen atoms in total. The van der Waals surface area contributed by atoms with Crippen molar-refractivity contribution in [3.63, 3.8) is 0 Å². The lowest BCUT2D eigenvalue weighted by atomic mass is 10.2. The van der Waals surface area contributed by atoms with Crippen molar-refractivity contribution in [3.05, 3.63) is 36.4 Å². The van der Waals surface area contributed by atoms with Gasteiger partial charge in [-0.25, -0.2) is 9.97 Å². The zero-order valence-corrected chi connectivity index (χ0v) is 15.7. The first-order chi connectivity index (χ1) is 13.2. The van der Waals surface area contributed by atoms with Crippen molar-refractivity contribution in [1.82, 2.24) is 14.9 Å². The van der Waals surface area contributed by atoms with E-state index in [0.717, 1.165) is 75.5 Å². The number of aromatic nitrogens is 2. The summed E-state index contributed by atoms with van der Waals surface area (Å²) in [5.74, 6) is 2.74. The van der Waals surface area contributed by atoms with Crippen molar-refractivity contribution in [1.29, 1.82) is 0 Å². The maximum Gasteiger partial charge on any atom is 0.219 e. The molecule has 0 radical (unpaired) electrons. The highest BCUT2D eigenvalue weighted by Gasteiger charge is 2.22. The number of hydrogen-bond donors (Lipinski definition) is 0. The summed E-state index contributed by atoms with van der Waals surface area (Å²) in [6.07, 6.45) is 0. The van der Waals surface area contributed by atoms with E-state index in [0.29, 0.717) is 0 Å². The van der Waals surface area contributed by atoms with Crippen LogP contribution in [0.15, 0.2) is 36.4 Å². The van der Waals surface area contributed by atoms with Crippen LogP contribution in [0.5, 0.6) is 0 Å². The number of morpholine rings is 1. The molecular weight excluding hydrogens is 342 g/mol. The maximum atomic E-state index is 11.6. The Bertz CT molecular complexity index is 784. The number of rotatable bonds is 3. The number of carbonyl (C=O) groups excluding carboxylic acids is 1. The number of piperazine rings is 1. The summed E-state index contributed by atoms with van der Waals surface area (Å²) >= 11 is 0. The topological polar surface area (TPSA) is 61.8 Å². The van der Waals surface area contributed by atoms with Gasteiger partial charge in [0.15, 0.2) is 5.82 Å². The van der Waals surface area contributed by atoms with Gasteiger partial charge in [0.05, 0.1) is 13.2 Å². The Morgan fingerprint density at radius 2 is 1.48 bits per heavy atom. The Morgan fingerprint density at radius 3 is 2.07 bits per heavy atom. The van der Waals surface area contributed by atoms with Crippen LogP contribution in [0, 0.1) is 0 Å². The summed E-state index contributed by atoms with van der Waals surface area (Å²) in [4.78, 5) is 27.7. The fourth-order valence-corrected chi connectivity index (χ4v) is 3.51. The molecule has 1 aromatic heterocycles. The van der Waals surface area contributed by atoms with E-state index in [9.17, 15) is 4.79 Å². The van der Waals surface area contributed by atoms with Crippen LogP contribution in [0.3, 0.4) is 0 Å². The van der Waals surface area contributed by atoms with Gasteiger partial charge in [-0.05, 0) is 0 Å². The highest BCUT2D eigenvalue weighted by Crippen LogP contribution is 2.26. The van der Waals surface area contributed by atoms with E-state index in [1.54, 1.807) is 6.92 Å². The Kier molecular flexibility index (Phi) is 5.20. The molecule has 0 saturated carbocycles. The van der Waals surface area contributed by atoms with Crippen LogP contribution in [0.2, 0.25) is 0 Å². The molecule has 2 aliphatic rings. The second-order valence-electron chi connectivity index (χ2n) is 6.87. The fourth-order valence-electron chi connectivity index (χ4n) is 3.51. The lowest BCUT2D eigenvalue weighted by Crippen LogP contribution is -2.48. The zero-order chi connectivity index (χ0) is 18.6. The van der Waals surface area contributed by atoms with Gasteiger partial charge in [0.2, 0.25) is 5.91 Å². The summed E-state index contributed by atoms with van der Waals surface area (Å²) < 4.78 is 5.48. The normalized spacial score (nSPS) is 17.9. The van der Waals surface area contributed by atoms with Crippen LogP contribution in [0.25, 0.3) is 11.4 Å². The van der Waals surface area contributed by atoms with Crippen molar-refractivity contribution in [2.24, 2.45) is 0 Å². The quantitative estimate of drug-likeness (QED) is 0.822. The molecule has 0 bridgehead atoms. The minimum absolute atomic E-state index is 0.135. The van der Waals surface area contributed by atoms with E-state index in [4.69, 9.17) is 14.7 Å². The minimum Gasteiger partial charge on any atom is -0.378 e. The molecule has 0 N–H and O–H groups in total. The number of amides is 1. The second kappa shape index (κ2) is 7.92. The third kappa shape index (κ3) is 4.03. The molecule has 7 heteroatoms. The van der Waals surface area contributed by atoms with Gasteiger partial charge in [0.1, 0.15) is 11.6 Å². The second-order valence-corrected chi connectivity index (χ2v) is 6.87. The molecule has 4 rings (SSSR count). The Morgan fingerprint density at radius 1 is 0.889 bits per heavy atom. The van der Waals surface area contributed by atoms with Gasteiger partial charge in [-0.3, -0.25) is 4.79 Å². The van der Waals surface area contributed by atoms with Crippen molar-refractivity contribution in [2.45, 2.75) is 6.92 Å². The lowest BCUT2D eigenvalue weighted by molar-refractivity contribution is -0.129. The van der Waals surface area contributed by atoms with Gasteiger partial charge >= 0.3 is 0 Å². The third-order valence-electron chi connectivity index (χ3n) is 5.12. The SMILES string of the molecule is CC(=O)N1CCN(c2cc(N3CCOCC3)nc(-c3ccccc3)n2)CC1. The lowest BCUT2D eigenvalue weighted by Gasteiger charge is -2.35. The third-order valence-corrected chi connectivity index (χ3v) is 5.12. The smallest absolute Gasteiger partial charge is 0.219 e. The van der Waals surface area contributed by atoms with E-state index in [1.165, 1.54) is 0 Å². The van der Waals surface area contributed by atoms with Crippen molar-refractivity contribution in [3.8, 4) is 11.4 Å². The molecule has 27 heavy (non-hydrogen) atoms. The predicted octanol–water partition coefficient (Wildman–Crippen LogP) is 1.65. The van der Waals surface area contributed by atoms with Gasteiger partial charge in [0.25, 0.3) is 0 Å². The molecule has 2 aliphatic heterocycles. The largest absolute Gasteiger partial charge is 0.378 e. The van der Waals surface area contributed by atoms with Gasteiger partial charge in [-0.1, -0.05) is 30.3 Å². The molecule has 2 saturated heterocycles. The van der Waals surface area contributed by atoms with Gasteiger partial charge in [-0.15, -0.1) is 0 Å². The molecule has 1 aromatic carbocycles. The van der Waals surface area contributed by atoms with Gasteiger partial charge < -0.3 is 19.4 Å². The number of carbonyl (C=O) groups is 1. The van der Waals surface area contributed by atoms with Crippen LogP contribution in [-0.2, 0) is 9.53 Å². The van der Waals surface area contributed by atoms with Crippen LogP contribution in [-0.4, -0.2) is 73.3 Å². The van der Waals surface area contributed by atoms with E-state index in [1.807, 2.05) is 35.2 Å². The summed E-state index contributed by atoms with van der Waals surface area (Å²) in [6.45, 7) is 7.77.